The Balaban J connectivity index is 3.64. The van der Waals surface area contributed by atoms with Crippen LogP contribution in [-0.2, 0) is 0 Å². The van der Waals surface area contributed by atoms with Crippen LogP contribution in [0.2, 0.25) is 0 Å². The summed E-state index contributed by atoms with van der Waals surface area (Å²) in [6.45, 7) is 2.44. The molecule has 0 aromatic rings. The second kappa shape index (κ2) is 8.16. The van der Waals surface area contributed by atoms with Crippen molar-refractivity contribution in [3.8, 4) is 0 Å². The predicted octanol–water partition coefficient (Wildman–Crippen LogP) is 2.22. The van der Waals surface area contributed by atoms with E-state index in [1.807, 2.05) is 6.92 Å². The summed E-state index contributed by atoms with van der Waals surface area (Å²) >= 11 is 0. The molecule has 0 heterocycles. The first-order chi connectivity index (χ1) is 7.89. The Kier molecular flexibility index (Phi) is 7.69. The second-order valence-corrected chi connectivity index (χ2v) is 3.93. The van der Waals surface area contributed by atoms with E-state index in [1.165, 1.54) is 0 Å². The number of unbranched alkanes of at least 4 members (excludes halogenated alkanes) is 1. The van der Waals surface area contributed by atoms with Crippen LogP contribution in [0.1, 0.15) is 39.0 Å². The number of rotatable bonds is 8. The smallest absolute Gasteiger partial charge is 0.389 e. The van der Waals surface area contributed by atoms with Crippen molar-refractivity contribution in [3.05, 3.63) is 0 Å². The molecule has 0 aromatic heterocycles. The molecule has 0 radical (unpaired) electrons. The van der Waals surface area contributed by atoms with Gasteiger partial charge in [-0.1, -0.05) is 12.1 Å². The molecule has 0 aliphatic carbocycles. The summed E-state index contributed by atoms with van der Waals surface area (Å²) in [6.07, 6.45) is -3.06. The molecule has 0 fully saturated rings. The molecule has 1 unspecified atom stereocenters. The van der Waals surface area contributed by atoms with Crippen molar-refractivity contribution in [2.75, 3.05) is 6.54 Å². The van der Waals surface area contributed by atoms with Gasteiger partial charge in [0.05, 0.1) is 0 Å². The molecule has 0 aliphatic heterocycles. The molecule has 7 heteroatoms. The van der Waals surface area contributed by atoms with Crippen molar-refractivity contribution in [3.63, 3.8) is 0 Å². The highest BCUT2D eigenvalue weighted by Gasteiger charge is 2.25. The molecule has 0 amide bonds. The van der Waals surface area contributed by atoms with Crippen LogP contribution in [-0.4, -0.2) is 29.8 Å². The summed E-state index contributed by atoms with van der Waals surface area (Å²) in [4.78, 5) is 0. The van der Waals surface area contributed by atoms with Crippen LogP contribution >= 0.6 is 0 Å². The van der Waals surface area contributed by atoms with Crippen LogP contribution in [0.3, 0.4) is 0 Å². The summed E-state index contributed by atoms with van der Waals surface area (Å²) < 4.78 is 35.5. The van der Waals surface area contributed by atoms with Gasteiger partial charge in [-0.25, -0.2) is 0 Å². The first-order valence-corrected chi connectivity index (χ1v) is 5.65. The summed E-state index contributed by atoms with van der Waals surface area (Å²) in [6, 6.07) is 0.0387. The Bertz CT molecular complexity index is 231. The number of nitrogens with two attached hydrogens (primary N) is 1. The summed E-state index contributed by atoms with van der Waals surface area (Å²) in [5, 5.41) is 14.3. The van der Waals surface area contributed by atoms with E-state index in [4.69, 9.17) is 10.9 Å². The molecule has 4 N–H and O–H groups in total. The topological polar surface area (TPSA) is 70.6 Å². The van der Waals surface area contributed by atoms with Gasteiger partial charge in [-0.2, -0.15) is 13.2 Å². The van der Waals surface area contributed by atoms with Gasteiger partial charge in [-0.05, 0) is 25.8 Å². The van der Waals surface area contributed by atoms with Crippen LogP contribution in [0, 0.1) is 0 Å². The van der Waals surface area contributed by atoms with Crippen molar-refractivity contribution < 1.29 is 18.4 Å². The standard InChI is InChI=1S/C10H20F3N3O/c1-2-8(7-9(14)16-17)15-6-4-3-5-10(11,12)13/h8,15,17H,2-7H2,1H3,(H2,14,16). The molecule has 0 rings (SSSR count). The molecule has 4 nitrogen and oxygen atoms in total. The fourth-order valence-electron chi connectivity index (χ4n) is 1.41. The van der Waals surface area contributed by atoms with E-state index >= 15 is 0 Å². The zero-order chi connectivity index (χ0) is 13.3. The predicted molar refractivity (Wildman–Crippen MR) is 60.0 cm³/mol. The Morgan fingerprint density at radius 2 is 2.06 bits per heavy atom. The van der Waals surface area contributed by atoms with Gasteiger partial charge in [-0.15, -0.1) is 0 Å². The van der Waals surface area contributed by atoms with E-state index in [0.717, 1.165) is 6.42 Å². The molecule has 102 valence electrons. The van der Waals surface area contributed by atoms with Crippen LogP contribution in [0.5, 0.6) is 0 Å². The van der Waals surface area contributed by atoms with Gasteiger partial charge < -0.3 is 16.3 Å². The zero-order valence-electron chi connectivity index (χ0n) is 9.93. The monoisotopic (exact) mass is 255 g/mol. The maximum atomic E-state index is 11.8. The highest BCUT2D eigenvalue weighted by atomic mass is 19.4. The maximum Gasteiger partial charge on any atom is 0.389 e. The van der Waals surface area contributed by atoms with Gasteiger partial charge in [0.15, 0.2) is 0 Å². The highest BCUT2D eigenvalue weighted by Crippen LogP contribution is 2.21. The first-order valence-electron chi connectivity index (χ1n) is 5.65. The van der Waals surface area contributed by atoms with Crippen molar-refractivity contribution >= 4 is 5.84 Å². The quantitative estimate of drug-likeness (QED) is 0.205. The number of amidine groups is 1. The molecular weight excluding hydrogens is 235 g/mol. The third kappa shape index (κ3) is 9.92. The van der Waals surface area contributed by atoms with E-state index in [2.05, 4.69) is 10.5 Å². The normalized spacial score (nSPS) is 14.9. The van der Waals surface area contributed by atoms with Gasteiger partial charge in [-0.3, -0.25) is 0 Å². The molecule has 0 saturated heterocycles. The zero-order valence-corrected chi connectivity index (χ0v) is 9.93. The SMILES string of the molecule is CCC(CC(N)=NO)NCCCCC(F)(F)F. The number of nitrogens with one attached hydrogen (secondary N) is 1. The highest BCUT2D eigenvalue weighted by molar-refractivity contribution is 5.80. The average Bonchev–Trinajstić information content (AvgIpc) is 2.25. The Hall–Kier alpha value is -0.980. The van der Waals surface area contributed by atoms with E-state index in [1.54, 1.807) is 0 Å². The third-order valence-electron chi connectivity index (χ3n) is 2.40. The van der Waals surface area contributed by atoms with Crippen LogP contribution in [0.15, 0.2) is 5.16 Å². The van der Waals surface area contributed by atoms with Gasteiger partial charge in [0.2, 0.25) is 0 Å². The number of nitrogens with zero attached hydrogens (tertiary/aromatic N) is 1. The van der Waals surface area contributed by atoms with E-state index in [0.29, 0.717) is 19.4 Å². The Morgan fingerprint density at radius 3 is 2.53 bits per heavy atom. The molecule has 0 spiro atoms. The van der Waals surface area contributed by atoms with Crippen LogP contribution < -0.4 is 11.1 Å². The fraction of sp³-hybridized carbons (Fsp3) is 0.900. The van der Waals surface area contributed by atoms with Crippen LogP contribution in [0.4, 0.5) is 13.2 Å². The Morgan fingerprint density at radius 1 is 1.41 bits per heavy atom. The van der Waals surface area contributed by atoms with Gasteiger partial charge in [0.25, 0.3) is 0 Å². The van der Waals surface area contributed by atoms with Gasteiger partial charge in [0.1, 0.15) is 5.84 Å². The Labute approximate surface area is 99.1 Å². The first kappa shape index (κ1) is 16.0. The number of oxime groups is 1. The van der Waals surface area contributed by atoms with Crippen molar-refractivity contribution in [2.45, 2.75) is 51.2 Å². The number of hydrogen-bond acceptors (Lipinski definition) is 3. The number of alkyl halides is 3. The molecule has 17 heavy (non-hydrogen) atoms. The summed E-state index contributed by atoms with van der Waals surface area (Å²) in [5.74, 6) is 0.125. The lowest BCUT2D eigenvalue weighted by atomic mass is 10.1. The minimum absolute atomic E-state index is 0.0387. The van der Waals surface area contributed by atoms with Crippen molar-refractivity contribution in [1.29, 1.82) is 0 Å². The number of hydrogen-bond donors (Lipinski definition) is 3. The summed E-state index contributed by atoms with van der Waals surface area (Å²) in [7, 11) is 0. The third-order valence-corrected chi connectivity index (χ3v) is 2.40. The van der Waals surface area contributed by atoms with E-state index in [9.17, 15) is 13.2 Å². The van der Waals surface area contributed by atoms with Crippen LogP contribution in [0.25, 0.3) is 0 Å². The minimum atomic E-state index is -4.07. The molecular formula is C10H20F3N3O. The lowest BCUT2D eigenvalue weighted by Gasteiger charge is -2.16. The lowest BCUT2D eigenvalue weighted by Crippen LogP contribution is -2.33. The fourth-order valence-corrected chi connectivity index (χ4v) is 1.41. The maximum absolute atomic E-state index is 11.8. The summed E-state index contributed by atoms with van der Waals surface area (Å²) in [5.41, 5.74) is 5.35. The van der Waals surface area contributed by atoms with E-state index in [-0.39, 0.29) is 18.3 Å². The van der Waals surface area contributed by atoms with Crippen molar-refractivity contribution in [2.24, 2.45) is 10.9 Å². The number of halogens is 3. The second-order valence-electron chi connectivity index (χ2n) is 3.93. The minimum Gasteiger partial charge on any atom is -0.409 e. The molecule has 0 aliphatic rings. The van der Waals surface area contributed by atoms with Crippen molar-refractivity contribution in [1.82, 2.24) is 5.32 Å². The largest absolute Gasteiger partial charge is 0.409 e. The van der Waals surface area contributed by atoms with Gasteiger partial charge >= 0.3 is 6.18 Å². The van der Waals surface area contributed by atoms with E-state index < -0.39 is 12.6 Å². The molecule has 0 aromatic carbocycles. The molecule has 1 atom stereocenters. The molecule has 0 bridgehead atoms. The average molecular weight is 255 g/mol. The van der Waals surface area contributed by atoms with Gasteiger partial charge in [0, 0.05) is 18.9 Å². The lowest BCUT2D eigenvalue weighted by molar-refractivity contribution is -0.135. The molecule has 0 saturated carbocycles.